The smallest absolute Gasteiger partial charge is 0.408 e. The lowest BCUT2D eigenvalue weighted by Gasteiger charge is -2.29. The number of esters is 1. The van der Waals surface area contributed by atoms with Crippen molar-refractivity contribution in [1.29, 1.82) is 0 Å². The number of benzene rings is 1. The summed E-state index contributed by atoms with van der Waals surface area (Å²) in [6.07, 6.45) is 5.15. The SMILES string of the molecule is C=CCCCCC[C@H](NC(=O)OC(C)(C)C)C(=O)N1C[C@H](OCc2ccccc2)CC1C(=O)OC. The Kier molecular flexibility index (Phi) is 11.2. The molecule has 0 spiro atoms. The van der Waals surface area contributed by atoms with Crippen molar-refractivity contribution in [3.05, 3.63) is 48.6 Å². The van der Waals surface area contributed by atoms with Crippen molar-refractivity contribution < 1.29 is 28.6 Å². The lowest BCUT2D eigenvalue weighted by atomic mass is 10.1. The third-order valence-corrected chi connectivity index (χ3v) is 5.74. The van der Waals surface area contributed by atoms with Gasteiger partial charge in [0.1, 0.15) is 17.7 Å². The summed E-state index contributed by atoms with van der Waals surface area (Å²) in [5.41, 5.74) is 0.316. The van der Waals surface area contributed by atoms with Crippen LogP contribution in [0.25, 0.3) is 0 Å². The van der Waals surface area contributed by atoms with Gasteiger partial charge < -0.3 is 24.4 Å². The second-order valence-electron chi connectivity index (χ2n) is 9.81. The van der Waals surface area contributed by atoms with E-state index in [0.29, 0.717) is 19.4 Å². The van der Waals surface area contributed by atoms with Crippen molar-refractivity contribution in [2.45, 2.75) is 89.7 Å². The fraction of sp³-hybridized carbons (Fsp3) is 0.593. The molecule has 3 atom stereocenters. The number of likely N-dealkylation sites (tertiary alicyclic amines) is 1. The Morgan fingerprint density at radius 2 is 1.89 bits per heavy atom. The summed E-state index contributed by atoms with van der Waals surface area (Å²) in [7, 11) is 1.30. The van der Waals surface area contributed by atoms with E-state index in [1.807, 2.05) is 36.4 Å². The maximum absolute atomic E-state index is 13.6. The first kappa shape index (κ1) is 28.4. The largest absolute Gasteiger partial charge is 0.467 e. The number of methoxy groups -OCH3 is 1. The van der Waals surface area contributed by atoms with Gasteiger partial charge in [0.2, 0.25) is 5.91 Å². The van der Waals surface area contributed by atoms with E-state index in [1.165, 1.54) is 12.0 Å². The second-order valence-corrected chi connectivity index (χ2v) is 9.81. The van der Waals surface area contributed by atoms with Gasteiger partial charge in [0, 0.05) is 13.0 Å². The molecule has 8 nitrogen and oxygen atoms in total. The van der Waals surface area contributed by atoms with Gasteiger partial charge in [-0.25, -0.2) is 9.59 Å². The van der Waals surface area contributed by atoms with Crippen molar-refractivity contribution in [2.75, 3.05) is 13.7 Å². The van der Waals surface area contributed by atoms with Gasteiger partial charge >= 0.3 is 12.1 Å². The van der Waals surface area contributed by atoms with Crippen LogP contribution in [0.3, 0.4) is 0 Å². The van der Waals surface area contributed by atoms with E-state index < -0.39 is 29.7 Å². The normalized spacial score (nSPS) is 18.6. The molecule has 1 aromatic rings. The van der Waals surface area contributed by atoms with Crippen LogP contribution in [0, 0.1) is 0 Å². The molecule has 0 bridgehead atoms. The lowest BCUT2D eigenvalue weighted by molar-refractivity contribution is -0.151. The molecule has 0 saturated carbocycles. The summed E-state index contributed by atoms with van der Waals surface area (Å²) in [5.74, 6) is -0.827. The number of allylic oxidation sites excluding steroid dienone is 1. The maximum Gasteiger partial charge on any atom is 0.408 e. The summed E-state index contributed by atoms with van der Waals surface area (Å²) in [4.78, 5) is 40.1. The van der Waals surface area contributed by atoms with Crippen LogP contribution in [-0.4, -0.2) is 60.3 Å². The molecule has 8 heteroatoms. The Morgan fingerprint density at radius 3 is 2.51 bits per heavy atom. The summed E-state index contributed by atoms with van der Waals surface area (Å²) < 4.78 is 16.4. The zero-order valence-electron chi connectivity index (χ0n) is 21.5. The first-order valence-corrected chi connectivity index (χ1v) is 12.3. The number of hydrogen-bond acceptors (Lipinski definition) is 6. The van der Waals surface area contributed by atoms with Crippen LogP contribution in [0.1, 0.15) is 64.9 Å². The summed E-state index contributed by atoms with van der Waals surface area (Å²) in [6, 6.07) is 8.14. The van der Waals surface area contributed by atoms with Crippen molar-refractivity contribution in [3.8, 4) is 0 Å². The number of nitrogens with zero attached hydrogens (tertiary/aromatic N) is 1. The maximum atomic E-state index is 13.6. The Balaban J connectivity index is 2.11. The van der Waals surface area contributed by atoms with E-state index in [0.717, 1.165) is 31.2 Å². The van der Waals surface area contributed by atoms with E-state index >= 15 is 0 Å². The number of amides is 2. The van der Waals surface area contributed by atoms with Crippen molar-refractivity contribution in [2.24, 2.45) is 0 Å². The minimum absolute atomic E-state index is 0.244. The Hall–Kier alpha value is -2.87. The van der Waals surface area contributed by atoms with Crippen LogP contribution < -0.4 is 5.32 Å². The zero-order chi connectivity index (χ0) is 25.8. The lowest BCUT2D eigenvalue weighted by Crippen LogP contribution is -2.52. The average molecular weight is 489 g/mol. The summed E-state index contributed by atoms with van der Waals surface area (Å²) >= 11 is 0. The molecule has 0 aromatic heterocycles. The zero-order valence-corrected chi connectivity index (χ0v) is 21.5. The van der Waals surface area contributed by atoms with Gasteiger partial charge in [0.05, 0.1) is 19.8 Å². The van der Waals surface area contributed by atoms with Gasteiger partial charge in [0.25, 0.3) is 0 Å². The fourth-order valence-corrected chi connectivity index (χ4v) is 4.03. The van der Waals surface area contributed by atoms with E-state index in [4.69, 9.17) is 14.2 Å². The highest BCUT2D eigenvalue weighted by atomic mass is 16.6. The summed E-state index contributed by atoms with van der Waals surface area (Å²) in [6.45, 7) is 9.65. The van der Waals surface area contributed by atoms with E-state index in [1.54, 1.807) is 20.8 Å². The molecule has 1 saturated heterocycles. The molecule has 194 valence electrons. The molecule has 1 unspecified atom stereocenters. The molecular formula is C27H40N2O6. The number of rotatable bonds is 12. The van der Waals surface area contributed by atoms with Crippen molar-refractivity contribution in [3.63, 3.8) is 0 Å². The van der Waals surface area contributed by atoms with Crippen LogP contribution in [-0.2, 0) is 30.4 Å². The van der Waals surface area contributed by atoms with Gasteiger partial charge in [-0.1, -0.05) is 49.2 Å². The number of alkyl carbamates (subject to hydrolysis) is 1. The van der Waals surface area contributed by atoms with Crippen molar-refractivity contribution >= 4 is 18.0 Å². The van der Waals surface area contributed by atoms with E-state index in [-0.39, 0.29) is 18.6 Å². The first-order chi connectivity index (χ1) is 16.6. The highest BCUT2D eigenvalue weighted by molar-refractivity contribution is 5.90. The van der Waals surface area contributed by atoms with Gasteiger partial charge in [-0.05, 0) is 45.6 Å². The number of hydrogen-bond donors (Lipinski definition) is 1. The van der Waals surface area contributed by atoms with Crippen LogP contribution >= 0.6 is 0 Å². The predicted molar refractivity (Wildman–Crippen MR) is 134 cm³/mol. The second kappa shape index (κ2) is 13.9. The van der Waals surface area contributed by atoms with Gasteiger partial charge in [-0.2, -0.15) is 0 Å². The number of ether oxygens (including phenoxy) is 3. The fourth-order valence-electron chi connectivity index (χ4n) is 4.03. The minimum Gasteiger partial charge on any atom is -0.467 e. The van der Waals surface area contributed by atoms with Gasteiger partial charge in [-0.15, -0.1) is 6.58 Å². The molecule has 0 aliphatic carbocycles. The highest BCUT2D eigenvalue weighted by Gasteiger charge is 2.43. The van der Waals surface area contributed by atoms with Crippen molar-refractivity contribution in [1.82, 2.24) is 10.2 Å². The number of unbranched alkanes of at least 4 members (excludes halogenated alkanes) is 3. The topological polar surface area (TPSA) is 94.2 Å². The molecule has 1 fully saturated rings. The number of carbonyl (C=O) groups excluding carboxylic acids is 3. The molecule has 1 aliphatic heterocycles. The molecule has 1 aromatic carbocycles. The average Bonchev–Trinajstić information content (AvgIpc) is 3.24. The first-order valence-electron chi connectivity index (χ1n) is 12.3. The minimum atomic E-state index is -0.811. The quantitative estimate of drug-likeness (QED) is 0.267. The molecule has 1 N–H and O–H groups in total. The van der Waals surface area contributed by atoms with Crippen LogP contribution in [0.5, 0.6) is 0 Å². The molecule has 1 heterocycles. The third-order valence-electron chi connectivity index (χ3n) is 5.74. The Labute approximate surface area is 209 Å². The standard InChI is InChI=1S/C27H40N2O6/c1-6-7-8-9-13-16-22(28-26(32)35-27(2,3)4)24(30)29-18-21(17-23(29)25(31)33-5)34-19-20-14-11-10-12-15-20/h6,10-12,14-15,21-23H,1,7-9,13,16-19H2,2-5H3,(H,28,32)/t21-,22+,23?/m1/s1. The van der Waals surface area contributed by atoms with E-state index in [9.17, 15) is 14.4 Å². The molecule has 0 radical (unpaired) electrons. The molecule has 2 rings (SSSR count). The number of carbonyl (C=O) groups is 3. The van der Waals surface area contributed by atoms with E-state index in [2.05, 4.69) is 11.9 Å². The van der Waals surface area contributed by atoms with Crippen LogP contribution in [0.15, 0.2) is 43.0 Å². The number of nitrogens with one attached hydrogen (secondary N) is 1. The highest BCUT2D eigenvalue weighted by Crippen LogP contribution is 2.25. The molecular weight excluding hydrogens is 448 g/mol. The van der Waals surface area contributed by atoms with Gasteiger partial charge in [0.15, 0.2) is 0 Å². The molecule has 1 aliphatic rings. The predicted octanol–water partition coefficient (Wildman–Crippen LogP) is 4.38. The summed E-state index contributed by atoms with van der Waals surface area (Å²) in [5, 5.41) is 2.73. The third kappa shape index (κ3) is 9.72. The molecule has 35 heavy (non-hydrogen) atoms. The molecule has 2 amide bonds. The van der Waals surface area contributed by atoms with Crippen LogP contribution in [0.2, 0.25) is 0 Å². The van der Waals surface area contributed by atoms with Crippen LogP contribution in [0.4, 0.5) is 4.79 Å². The van der Waals surface area contributed by atoms with Gasteiger partial charge in [-0.3, -0.25) is 4.79 Å². The monoisotopic (exact) mass is 488 g/mol. The Bertz CT molecular complexity index is 836. The Morgan fingerprint density at radius 1 is 1.17 bits per heavy atom.